The SMILES string of the molecule is O=C(NCc1ccno1)NC1CCCCC1C(=O)O. The van der Waals surface area contributed by atoms with Crippen LogP contribution in [0.1, 0.15) is 31.4 Å². The Balaban J connectivity index is 1.81. The highest BCUT2D eigenvalue weighted by atomic mass is 16.5. The minimum atomic E-state index is -0.847. The third kappa shape index (κ3) is 3.70. The Kier molecular flexibility index (Phi) is 4.38. The highest BCUT2D eigenvalue weighted by Gasteiger charge is 2.31. The molecule has 2 atom stereocenters. The number of aliphatic carboxylic acids is 1. The maximum absolute atomic E-state index is 11.7. The molecule has 0 radical (unpaired) electrons. The van der Waals surface area contributed by atoms with Crippen molar-refractivity contribution in [3.63, 3.8) is 0 Å². The Bertz CT molecular complexity index is 432. The average molecular weight is 267 g/mol. The monoisotopic (exact) mass is 267 g/mol. The van der Waals surface area contributed by atoms with Crippen molar-refractivity contribution < 1.29 is 19.2 Å². The molecule has 19 heavy (non-hydrogen) atoms. The zero-order valence-electron chi connectivity index (χ0n) is 10.5. The summed E-state index contributed by atoms with van der Waals surface area (Å²) >= 11 is 0. The van der Waals surface area contributed by atoms with Crippen LogP contribution in [-0.2, 0) is 11.3 Å². The normalized spacial score (nSPS) is 22.7. The van der Waals surface area contributed by atoms with Crippen LogP contribution in [-0.4, -0.2) is 28.3 Å². The van der Waals surface area contributed by atoms with Gasteiger partial charge in [-0.25, -0.2) is 4.79 Å². The van der Waals surface area contributed by atoms with E-state index in [9.17, 15) is 9.59 Å². The Morgan fingerprint density at radius 2 is 2.21 bits per heavy atom. The van der Waals surface area contributed by atoms with Crippen LogP contribution >= 0.6 is 0 Å². The average Bonchev–Trinajstić information content (AvgIpc) is 2.90. The van der Waals surface area contributed by atoms with Crippen LogP contribution in [0, 0.1) is 5.92 Å². The van der Waals surface area contributed by atoms with Crippen molar-refractivity contribution >= 4 is 12.0 Å². The lowest BCUT2D eigenvalue weighted by Crippen LogP contribution is -2.48. The van der Waals surface area contributed by atoms with Gasteiger partial charge in [0.05, 0.1) is 18.7 Å². The van der Waals surface area contributed by atoms with Gasteiger partial charge in [-0.05, 0) is 12.8 Å². The van der Waals surface area contributed by atoms with Crippen LogP contribution in [0.3, 0.4) is 0 Å². The van der Waals surface area contributed by atoms with Gasteiger partial charge in [0.25, 0.3) is 0 Å². The van der Waals surface area contributed by atoms with E-state index in [0.717, 1.165) is 12.8 Å². The summed E-state index contributed by atoms with van der Waals surface area (Å²) in [6, 6.07) is 0.969. The molecule has 1 aromatic rings. The third-order valence-corrected chi connectivity index (χ3v) is 3.31. The van der Waals surface area contributed by atoms with Crippen molar-refractivity contribution in [3.8, 4) is 0 Å². The van der Waals surface area contributed by atoms with Gasteiger partial charge >= 0.3 is 12.0 Å². The lowest BCUT2D eigenvalue weighted by atomic mass is 9.84. The molecule has 1 saturated carbocycles. The molecule has 2 unspecified atom stereocenters. The molecule has 1 fully saturated rings. The zero-order valence-corrected chi connectivity index (χ0v) is 10.5. The van der Waals surface area contributed by atoms with Crippen molar-refractivity contribution in [1.82, 2.24) is 15.8 Å². The molecule has 7 nitrogen and oxygen atoms in total. The number of urea groups is 1. The summed E-state index contributed by atoms with van der Waals surface area (Å²) in [6.07, 6.45) is 4.65. The molecular formula is C12H17N3O4. The number of amides is 2. The fourth-order valence-electron chi connectivity index (χ4n) is 2.32. The van der Waals surface area contributed by atoms with Crippen LogP contribution in [0.5, 0.6) is 0 Å². The molecule has 7 heteroatoms. The molecule has 0 saturated heterocycles. The van der Waals surface area contributed by atoms with Gasteiger partial charge in [0.2, 0.25) is 0 Å². The lowest BCUT2D eigenvalue weighted by molar-refractivity contribution is -0.143. The molecule has 0 bridgehead atoms. The summed E-state index contributed by atoms with van der Waals surface area (Å²) in [7, 11) is 0. The van der Waals surface area contributed by atoms with Gasteiger partial charge in [-0.1, -0.05) is 18.0 Å². The smallest absolute Gasteiger partial charge is 0.315 e. The Morgan fingerprint density at radius 1 is 1.42 bits per heavy atom. The highest BCUT2D eigenvalue weighted by Crippen LogP contribution is 2.24. The van der Waals surface area contributed by atoms with Crippen molar-refractivity contribution in [3.05, 3.63) is 18.0 Å². The Labute approximate surface area is 110 Å². The molecular weight excluding hydrogens is 250 g/mol. The number of carboxylic acid groups (broad SMARTS) is 1. The van der Waals surface area contributed by atoms with E-state index in [-0.39, 0.29) is 18.6 Å². The van der Waals surface area contributed by atoms with Gasteiger partial charge in [0.1, 0.15) is 0 Å². The number of nitrogens with one attached hydrogen (secondary N) is 2. The molecule has 2 rings (SSSR count). The Morgan fingerprint density at radius 3 is 2.89 bits per heavy atom. The zero-order chi connectivity index (χ0) is 13.7. The molecule has 1 aromatic heterocycles. The van der Waals surface area contributed by atoms with Gasteiger partial charge in [-0.3, -0.25) is 4.79 Å². The maximum Gasteiger partial charge on any atom is 0.315 e. The van der Waals surface area contributed by atoms with E-state index in [1.807, 2.05) is 0 Å². The van der Waals surface area contributed by atoms with E-state index in [0.29, 0.717) is 18.6 Å². The second-order valence-corrected chi connectivity index (χ2v) is 4.64. The van der Waals surface area contributed by atoms with Gasteiger partial charge in [0, 0.05) is 12.1 Å². The van der Waals surface area contributed by atoms with E-state index in [2.05, 4.69) is 15.8 Å². The molecule has 2 amide bonds. The summed E-state index contributed by atoms with van der Waals surface area (Å²) in [4.78, 5) is 22.8. The number of rotatable bonds is 4. The first kappa shape index (κ1) is 13.4. The van der Waals surface area contributed by atoms with Crippen LogP contribution < -0.4 is 10.6 Å². The minimum absolute atomic E-state index is 0.232. The number of aromatic nitrogens is 1. The summed E-state index contributed by atoms with van der Waals surface area (Å²) < 4.78 is 4.85. The molecule has 1 aliphatic carbocycles. The number of carboxylic acids is 1. The van der Waals surface area contributed by atoms with Gasteiger partial charge < -0.3 is 20.3 Å². The second kappa shape index (κ2) is 6.21. The second-order valence-electron chi connectivity index (χ2n) is 4.64. The summed E-state index contributed by atoms with van der Waals surface area (Å²) in [6.45, 7) is 0.232. The summed E-state index contributed by atoms with van der Waals surface area (Å²) in [5.74, 6) is -0.793. The molecule has 0 aliphatic heterocycles. The molecule has 104 valence electrons. The van der Waals surface area contributed by atoms with E-state index in [1.165, 1.54) is 6.20 Å². The molecule has 1 aliphatic rings. The van der Waals surface area contributed by atoms with Crippen molar-refractivity contribution in [2.24, 2.45) is 5.92 Å². The quantitative estimate of drug-likeness (QED) is 0.758. The molecule has 0 spiro atoms. The predicted molar refractivity (Wildman–Crippen MR) is 65.3 cm³/mol. The highest BCUT2D eigenvalue weighted by molar-refractivity contribution is 5.76. The number of nitrogens with zero attached hydrogens (tertiary/aromatic N) is 1. The first-order valence-electron chi connectivity index (χ1n) is 6.33. The largest absolute Gasteiger partial charge is 0.481 e. The van der Waals surface area contributed by atoms with Crippen LogP contribution in [0.25, 0.3) is 0 Å². The summed E-state index contributed by atoms with van der Waals surface area (Å²) in [5.41, 5.74) is 0. The summed E-state index contributed by atoms with van der Waals surface area (Å²) in [5, 5.41) is 18.0. The van der Waals surface area contributed by atoms with Crippen LogP contribution in [0.4, 0.5) is 4.79 Å². The van der Waals surface area contributed by atoms with Crippen molar-refractivity contribution in [2.75, 3.05) is 0 Å². The van der Waals surface area contributed by atoms with E-state index < -0.39 is 11.9 Å². The van der Waals surface area contributed by atoms with E-state index in [1.54, 1.807) is 6.07 Å². The van der Waals surface area contributed by atoms with Crippen LogP contribution in [0.2, 0.25) is 0 Å². The van der Waals surface area contributed by atoms with Gasteiger partial charge in [0.15, 0.2) is 5.76 Å². The molecule has 1 heterocycles. The van der Waals surface area contributed by atoms with Crippen molar-refractivity contribution in [2.45, 2.75) is 38.3 Å². The lowest BCUT2D eigenvalue weighted by Gasteiger charge is -2.29. The topological polar surface area (TPSA) is 104 Å². The first-order chi connectivity index (χ1) is 9.16. The fourth-order valence-corrected chi connectivity index (χ4v) is 2.32. The molecule has 0 aromatic carbocycles. The standard InChI is InChI=1S/C12H17N3O4/c16-11(17)9-3-1-2-4-10(9)15-12(18)13-7-8-5-6-14-19-8/h5-6,9-10H,1-4,7H2,(H,16,17)(H2,13,15,18). The van der Waals surface area contributed by atoms with Crippen molar-refractivity contribution in [1.29, 1.82) is 0 Å². The Hall–Kier alpha value is -2.05. The number of hydrogen-bond acceptors (Lipinski definition) is 4. The van der Waals surface area contributed by atoms with Crippen LogP contribution in [0.15, 0.2) is 16.8 Å². The third-order valence-electron chi connectivity index (χ3n) is 3.31. The van der Waals surface area contributed by atoms with Gasteiger partial charge in [-0.2, -0.15) is 0 Å². The minimum Gasteiger partial charge on any atom is -0.481 e. The van der Waals surface area contributed by atoms with E-state index >= 15 is 0 Å². The maximum atomic E-state index is 11.7. The number of carbonyl (C=O) groups excluding carboxylic acids is 1. The van der Waals surface area contributed by atoms with E-state index in [4.69, 9.17) is 9.63 Å². The number of carbonyl (C=O) groups is 2. The first-order valence-corrected chi connectivity index (χ1v) is 6.33. The number of hydrogen-bond donors (Lipinski definition) is 3. The molecule has 3 N–H and O–H groups in total. The fraction of sp³-hybridized carbons (Fsp3) is 0.583. The predicted octanol–water partition coefficient (Wildman–Crippen LogP) is 1.12. The van der Waals surface area contributed by atoms with Gasteiger partial charge in [-0.15, -0.1) is 0 Å².